The minimum Gasteiger partial charge on any atom is -0.462 e. The zero-order valence-corrected chi connectivity index (χ0v) is 37.1. The van der Waals surface area contributed by atoms with Crippen LogP contribution in [0.4, 0.5) is 0 Å². The van der Waals surface area contributed by atoms with Gasteiger partial charge in [-0.3, -0.25) is 23.2 Å². The van der Waals surface area contributed by atoms with E-state index in [-0.39, 0.29) is 32.1 Å². The molecule has 0 aromatic carbocycles. The van der Waals surface area contributed by atoms with Gasteiger partial charge in [-0.15, -0.1) is 0 Å². The molecule has 0 fully saturated rings. The Kier molecular flexibility index (Phi) is 34.9. The van der Waals surface area contributed by atoms with Gasteiger partial charge in [-0.25, -0.2) is 9.13 Å². The first-order valence-electron chi connectivity index (χ1n) is 21.2. The lowest BCUT2D eigenvalue weighted by Gasteiger charge is -2.20. The van der Waals surface area contributed by atoms with Crippen LogP contribution < -0.4 is 0 Å². The number of phosphoric ester groups is 2. The molecule has 0 saturated carbocycles. The van der Waals surface area contributed by atoms with Crippen molar-refractivity contribution >= 4 is 27.6 Å². The van der Waals surface area contributed by atoms with Crippen LogP contribution in [0.2, 0.25) is 0 Å². The number of aliphatic hydroxyl groups excluding tert-OH is 3. The average molecular weight is 871 g/mol. The van der Waals surface area contributed by atoms with Gasteiger partial charge >= 0.3 is 27.6 Å². The second-order valence-corrected chi connectivity index (χ2v) is 17.5. The number of allylic oxidation sites excluding steroid dienone is 5. The molecule has 0 rings (SSSR count). The van der Waals surface area contributed by atoms with Crippen LogP contribution in [0.15, 0.2) is 36.5 Å². The molecule has 0 aliphatic rings. The first kappa shape index (κ1) is 56.3. The molecule has 0 aliphatic carbocycles. The molecule has 17 heteroatoms. The van der Waals surface area contributed by atoms with Crippen LogP contribution in [0.25, 0.3) is 0 Å². The molecule has 340 valence electrons. The Morgan fingerprint density at radius 2 is 1.17 bits per heavy atom. The van der Waals surface area contributed by atoms with Crippen molar-refractivity contribution in [2.24, 2.45) is 5.92 Å². The fraction of sp³-hybridized carbons (Fsp3) is 0.805. The Labute approximate surface area is 347 Å². The van der Waals surface area contributed by atoms with Crippen molar-refractivity contribution in [2.75, 3.05) is 26.4 Å². The Bertz CT molecular complexity index is 1220. The third-order valence-corrected chi connectivity index (χ3v) is 10.7. The molecule has 0 amide bonds. The number of esters is 2. The zero-order chi connectivity index (χ0) is 43.5. The Morgan fingerprint density at radius 1 is 0.603 bits per heavy atom. The van der Waals surface area contributed by atoms with Gasteiger partial charge < -0.3 is 39.5 Å². The highest BCUT2D eigenvalue weighted by atomic mass is 31.2. The van der Waals surface area contributed by atoms with Gasteiger partial charge in [0.2, 0.25) is 0 Å². The van der Waals surface area contributed by atoms with Crippen LogP contribution in [0.3, 0.4) is 0 Å². The summed E-state index contributed by atoms with van der Waals surface area (Å²) in [6.45, 7) is 3.67. The maximum atomic E-state index is 12.6. The molecule has 0 aromatic heterocycles. The number of hydrogen-bond acceptors (Lipinski definition) is 12. The lowest BCUT2D eigenvalue weighted by atomic mass is 9.99. The molecule has 0 aliphatic heterocycles. The van der Waals surface area contributed by atoms with E-state index < -0.39 is 78.4 Å². The molecule has 15 nitrogen and oxygen atoms in total. The van der Waals surface area contributed by atoms with E-state index in [1.54, 1.807) is 6.08 Å². The number of carbonyl (C=O) groups excluding carboxylic acids is 2. The number of phosphoric acid groups is 2. The van der Waals surface area contributed by atoms with Gasteiger partial charge in [0.1, 0.15) is 12.7 Å². The molecule has 6 N–H and O–H groups in total. The third-order valence-electron chi connectivity index (χ3n) is 9.26. The van der Waals surface area contributed by atoms with Gasteiger partial charge in [0.05, 0.1) is 32.0 Å². The molecule has 0 aromatic rings. The Balaban J connectivity index is 4.77. The van der Waals surface area contributed by atoms with Crippen molar-refractivity contribution < 1.29 is 71.8 Å². The predicted octanol–water partition coefficient (Wildman–Crippen LogP) is 8.30. The summed E-state index contributed by atoms with van der Waals surface area (Å²) < 4.78 is 47.5. The van der Waals surface area contributed by atoms with E-state index in [2.05, 4.69) is 48.0 Å². The second kappa shape index (κ2) is 36.0. The number of hydrogen-bond donors (Lipinski definition) is 6. The van der Waals surface area contributed by atoms with Gasteiger partial charge in [-0.2, -0.15) is 0 Å². The van der Waals surface area contributed by atoms with Crippen LogP contribution in [-0.2, 0) is 41.8 Å². The van der Waals surface area contributed by atoms with Gasteiger partial charge in [-0.1, -0.05) is 128 Å². The SMILES string of the molecule is CCCCC/C=C\C/C=C\C/C=C\CC(O)C(O)CCCC(=O)OC[C@H](COP(=O)(O)OC[C@@H](O)COP(=O)(O)O)OC(=O)CCCCCCCCCCC(C)CC. The highest BCUT2D eigenvalue weighted by molar-refractivity contribution is 7.47. The van der Waals surface area contributed by atoms with Gasteiger partial charge in [0, 0.05) is 12.8 Å². The van der Waals surface area contributed by atoms with Crippen molar-refractivity contribution in [2.45, 2.75) is 180 Å². The lowest BCUT2D eigenvalue weighted by molar-refractivity contribution is -0.161. The molecule has 4 unspecified atom stereocenters. The highest BCUT2D eigenvalue weighted by Crippen LogP contribution is 2.43. The predicted molar refractivity (Wildman–Crippen MR) is 223 cm³/mol. The van der Waals surface area contributed by atoms with E-state index in [9.17, 15) is 38.9 Å². The molecule has 0 heterocycles. The lowest BCUT2D eigenvalue weighted by Crippen LogP contribution is -2.30. The van der Waals surface area contributed by atoms with E-state index >= 15 is 0 Å². The van der Waals surface area contributed by atoms with Crippen LogP contribution in [0.5, 0.6) is 0 Å². The minimum atomic E-state index is -4.89. The summed E-state index contributed by atoms with van der Waals surface area (Å²) in [6.07, 6.45) is 24.7. The number of rotatable bonds is 39. The topological polar surface area (TPSA) is 236 Å². The van der Waals surface area contributed by atoms with E-state index in [0.29, 0.717) is 12.8 Å². The second-order valence-electron chi connectivity index (χ2n) is 14.8. The van der Waals surface area contributed by atoms with E-state index in [1.165, 1.54) is 51.4 Å². The molecular formula is C41H76O15P2. The molecule has 6 atom stereocenters. The van der Waals surface area contributed by atoms with Crippen molar-refractivity contribution in [3.63, 3.8) is 0 Å². The summed E-state index contributed by atoms with van der Waals surface area (Å²) >= 11 is 0. The molecule has 0 radical (unpaired) electrons. The number of ether oxygens (including phenoxy) is 2. The van der Waals surface area contributed by atoms with Crippen molar-refractivity contribution in [1.82, 2.24) is 0 Å². The zero-order valence-electron chi connectivity index (χ0n) is 35.3. The van der Waals surface area contributed by atoms with Gasteiger partial charge in [0.25, 0.3) is 0 Å². The standard InChI is InChI=1S/C41H76O15P2/c1-4-6-7-8-9-10-11-12-13-17-20-23-27-38(43)39(44)28-25-30-40(45)52-33-37(34-55-58(50,51)54-32-36(42)31-53-57(47,48)49)56-41(46)29-24-21-18-15-14-16-19-22-26-35(3)5-2/h9-10,12-13,20,23,35-39,42-44H,4-8,11,14-19,21-22,24-34H2,1-3H3,(H,50,51)(H2,47,48,49)/b10-9-,13-12-,23-20-/t35?,36-,37+,38?,39?/m0/s1. The van der Waals surface area contributed by atoms with Crippen molar-refractivity contribution in [3.05, 3.63) is 36.5 Å². The first-order valence-corrected chi connectivity index (χ1v) is 24.3. The summed E-state index contributed by atoms with van der Waals surface area (Å²) in [7, 11) is -9.76. The largest absolute Gasteiger partial charge is 0.472 e. The Hall–Kier alpha value is -1.74. The maximum absolute atomic E-state index is 12.6. The monoisotopic (exact) mass is 870 g/mol. The first-order chi connectivity index (χ1) is 27.6. The van der Waals surface area contributed by atoms with Crippen LogP contribution in [0.1, 0.15) is 156 Å². The van der Waals surface area contributed by atoms with E-state index in [4.69, 9.17) is 23.8 Å². The number of carbonyl (C=O) groups is 2. The van der Waals surface area contributed by atoms with Crippen molar-refractivity contribution in [3.8, 4) is 0 Å². The Morgan fingerprint density at radius 3 is 1.81 bits per heavy atom. The molecule has 58 heavy (non-hydrogen) atoms. The van der Waals surface area contributed by atoms with Gasteiger partial charge in [-0.05, 0) is 57.3 Å². The maximum Gasteiger partial charge on any atom is 0.472 e. The molecule has 0 saturated heterocycles. The number of unbranched alkanes of at least 4 members (excludes halogenated alkanes) is 10. The summed E-state index contributed by atoms with van der Waals surface area (Å²) in [4.78, 5) is 52.6. The fourth-order valence-corrected chi connectivity index (χ4v) is 6.64. The van der Waals surface area contributed by atoms with Crippen LogP contribution >= 0.6 is 15.6 Å². The quantitative estimate of drug-likeness (QED) is 0.0147. The van der Waals surface area contributed by atoms with E-state index in [1.807, 2.05) is 12.2 Å². The smallest absolute Gasteiger partial charge is 0.462 e. The minimum absolute atomic E-state index is 0.0708. The van der Waals surface area contributed by atoms with Crippen LogP contribution in [0, 0.1) is 5.92 Å². The summed E-state index contributed by atoms with van der Waals surface area (Å²) in [5, 5.41) is 30.4. The molecule has 0 bridgehead atoms. The number of aliphatic hydroxyl groups is 3. The fourth-order valence-electron chi connectivity index (χ4n) is 5.48. The molecular weight excluding hydrogens is 794 g/mol. The summed E-state index contributed by atoms with van der Waals surface area (Å²) in [5.41, 5.74) is 0. The normalized spacial score (nSPS) is 16.1. The van der Waals surface area contributed by atoms with Crippen LogP contribution in [-0.4, -0.2) is 92.8 Å². The summed E-state index contributed by atoms with van der Waals surface area (Å²) in [5.74, 6) is -0.550. The highest BCUT2D eigenvalue weighted by Gasteiger charge is 2.28. The third kappa shape index (κ3) is 37.3. The summed E-state index contributed by atoms with van der Waals surface area (Å²) in [6, 6.07) is 0. The van der Waals surface area contributed by atoms with Crippen molar-refractivity contribution in [1.29, 1.82) is 0 Å². The van der Waals surface area contributed by atoms with E-state index in [0.717, 1.165) is 44.4 Å². The molecule has 0 spiro atoms. The average Bonchev–Trinajstić information content (AvgIpc) is 3.17. The van der Waals surface area contributed by atoms with Gasteiger partial charge in [0.15, 0.2) is 6.10 Å².